The molecule has 0 amide bonds. The van der Waals surface area contributed by atoms with Crippen molar-refractivity contribution in [1.29, 1.82) is 0 Å². The van der Waals surface area contributed by atoms with Crippen LogP contribution in [0, 0.1) is 12.7 Å². The predicted octanol–water partition coefficient (Wildman–Crippen LogP) is 2.43. The fourth-order valence-corrected chi connectivity index (χ4v) is 2.45. The second-order valence-electron chi connectivity index (χ2n) is 4.97. The van der Waals surface area contributed by atoms with E-state index in [0.717, 1.165) is 12.3 Å². The van der Waals surface area contributed by atoms with Crippen molar-refractivity contribution in [2.75, 3.05) is 0 Å². The van der Waals surface area contributed by atoms with Crippen LogP contribution in [0.2, 0.25) is 0 Å². The van der Waals surface area contributed by atoms with Gasteiger partial charge in [-0.05, 0) is 19.1 Å². The number of nitrogens with zero attached hydrogens (tertiary/aromatic N) is 1. The van der Waals surface area contributed by atoms with Crippen molar-refractivity contribution >= 4 is 16.9 Å². The fourth-order valence-electron chi connectivity index (χ4n) is 2.45. The highest BCUT2D eigenvalue weighted by atomic mass is 19.1. The van der Waals surface area contributed by atoms with Gasteiger partial charge < -0.3 is 9.67 Å². The maximum Gasteiger partial charge on any atom is 0.341 e. The van der Waals surface area contributed by atoms with E-state index in [1.807, 2.05) is 0 Å². The first-order chi connectivity index (χ1) is 9.41. The summed E-state index contributed by atoms with van der Waals surface area (Å²) in [5.74, 6) is -1.88. The lowest BCUT2D eigenvalue weighted by molar-refractivity contribution is 0.0694. The van der Waals surface area contributed by atoms with Crippen LogP contribution in [0.5, 0.6) is 0 Å². The molecule has 3 rings (SSSR count). The van der Waals surface area contributed by atoms with Crippen molar-refractivity contribution in [3.05, 3.63) is 45.5 Å². The number of aromatic nitrogens is 1. The van der Waals surface area contributed by atoms with Gasteiger partial charge in [0.15, 0.2) is 0 Å². The highest BCUT2D eigenvalue weighted by molar-refractivity contribution is 5.93. The molecule has 1 fully saturated rings. The van der Waals surface area contributed by atoms with Gasteiger partial charge in [0.1, 0.15) is 17.6 Å². The number of rotatable bonds is 2. The zero-order chi connectivity index (χ0) is 14.6. The van der Waals surface area contributed by atoms with Crippen LogP contribution in [-0.4, -0.2) is 21.8 Å². The first kappa shape index (κ1) is 12.8. The molecule has 2 aromatic rings. The van der Waals surface area contributed by atoms with Gasteiger partial charge in [0.25, 0.3) is 0 Å². The van der Waals surface area contributed by atoms with E-state index in [1.54, 1.807) is 0 Å². The summed E-state index contributed by atoms with van der Waals surface area (Å²) in [6.45, 7) is 1.49. The Morgan fingerprint density at radius 3 is 2.65 bits per heavy atom. The summed E-state index contributed by atoms with van der Waals surface area (Å²) in [6, 6.07) is 1.84. The average molecular weight is 279 g/mol. The molecule has 0 spiro atoms. The maximum atomic E-state index is 13.7. The molecule has 0 aliphatic heterocycles. The van der Waals surface area contributed by atoms with Crippen molar-refractivity contribution < 1.29 is 18.7 Å². The molecule has 1 aromatic heterocycles. The van der Waals surface area contributed by atoms with Crippen LogP contribution in [0.15, 0.2) is 23.1 Å². The number of carboxylic acid groups (broad SMARTS) is 1. The van der Waals surface area contributed by atoms with E-state index in [0.29, 0.717) is 0 Å². The summed E-state index contributed by atoms with van der Waals surface area (Å²) in [4.78, 5) is 23.2. The standard InChI is InChI=1S/C14H11F2NO3/c1-6-9(15)3-2-7-12(6)17(11-4-10(11)16)5-8(13(7)18)14(19)20/h2-3,5,10-11H,4H2,1H3,(H,19,20). The SMILES string of the molecule is Cc1c(F)ccc2c(=O)c(C(=O)O)cn(C3CC3F)c12. The van der Waals surface area contributed by atoms with Gasteiger partial charge in [0.05, 0.1) is 11.6 Å². The maximum absolute atomic E-state index is 13.7. The fraction of sp³-hybridized carbons (Fsp3) is 0.286. The third kappa shape index (κ3) is 1.71. The van der Waals surface area contributed by atoms with Gasteiger partial charge in [-0.3, -0.25) is 4.79 Å². The number of aromatic carboxylic acids is 1. The van der Waals surface area contributed by atoms with E-state index < -0.39 is 35.0 Å². The van der Waals surface area contributed by atoms with Crippen LogP contribution < -0.4 is 5.43 Å². The van der Waals surface area contributed by atoms with Gasteiger partial charge in [-0.25, -0.2) is 13.6 Å². The van der Waals surface area contributed by atoms with Crippen LogP contribution in [0.25, 0.3) is 10.9 Å². The van der Waals surface area contributed by atoms with E-state index in [2.05, 4.69) is 0 Å². The Balaban J connectivity index is 2.45. The Morgan fingerprint density at radius 1 is 1.45 bits per heavy atom. The topological polar surface area (TPSA) is 59.3 Å². The van der Waals surface area contributed by atoms with Gasteiger partial charge in [-0.2, -0.15) is 0 Å². The molecule has 104 valence electrons. The summed E-state index contributed by atoms with van der Waals surface area (Å²) < 4.78 is 28.4. The third-order valence-electron chi connectivity index (χ3n) is 3.65. The number of benzene rings is 1. The monoisotopic (exact) mass is 279 g/mol. The number of carbonyl (C=O) groups is 1. The molecule has 0 saturated heterocycles. The minimum absolute atomic E-state index is 0.0999. The summed E-state index contributed by atoms with van der Waals surface area (Å²) in [7, 11) is 0. The number of hydrogen-bond donors (Lipinski definition) is 1. The van der Waals surface area contributed by atoms with E-state index in [-0.39, 0.29) is 22.9 Å². The van der Waals surface area contributed by atoms with Crippen molar-refractivity contribution in [2.24, 2.45) is 0 Å². The number of halogens is 2. The van der Waals surface area contributed by atoms with Crippen molar-refractivity contribution in [2.45, 2.75) is 25.6 Å². The van der Waals surface area contributed by atoms with Crippen LogP contribution in [0.3, 0.4) is 0 Å². The molecule has 2 atom stereocenters. The lowest BCUT2D eigenvalue weighted by atomic mass is 10.1. The average Bonchev–Trinajstić information content (AvgIpc) is 3.11. The minimum Gasteiger partial charge on any atom is -0.477 e. The van der Waals surface area contributed by atoms with E-state index in [9.17, 15) is 18.4 Å². The first-order valence-electron chi connectivity index (χ1n) is 6.13. The molecule has 20 heavy (non-hydrogen) atoms. The molecular formula is C14H11F2NO3. The van der Waals surface area contributed by atoms with Gasteiger partial charge >= 0.3 is 5.97 Å². The first-order valence-corrected chi connectivity index (χ1v) is 6.13. The summed E-state index contributed by atoms with van der Waals surface area (Å²) in [6.07, 6.45) is 0.265. The molecule has 1 aromatic carbocycles. The van der Waals surface area contributed by atoms with Crippen LogP contribution in [0.1, 0.15) is 28.4 Å². The van der Waals surface area contributed by atoms with Crippen molar-refractivity contribution in [3.63, 3.8) is 0 Å². The molecule has 1 aliphatic carbocycles. The van der Waals surface area contributed by atoms with E-state index >= 15 is 0 Å². The minimum atomic E-state index is -1.37. The van der Waals surface area contributed by atoms with Gasteiger partial charge in [0, 0.05) is 23.6 Å². The molecule has 0 bridgehead atoms. The predicted molar refractivity (Wildman–Crippen MR) is 68.4 cm³/mol. The van der Waals surface area contributed by atoms with E-state index in [1.165, 1.54) is 17.6 Å². The Labute approximate surface area is 112 Å². The molecule has 1 aliphatic rings. The highest BCUT2D eigenvalue weighted by Gasteiger charge is 2.40. The number of alkyl halides is 1. The molecular weight excluding hydrogens is 268 g/mol. The molecule has 2 unspecified atom stereocenters. The van der Waals surface area contributed by atoms with Crippen molar-refractivity contribution in [1.82, 2.24) is 4.57 Å². The Kier molecular flexibility index (Phi) is 2.64. The molecule has 0 radical (unpaired) electrons. The summed E-state index contributed by atoms with van der Waals surface area (Å²) in [5, 5.41) is 9.16. The van der Waals surface area contributed by atoms with Crippen LogP contribution in [-0.2, 0) is 0 Å². The number of pyridine rings is 1. The second-order valence-corrected chi connectivity index (χ2v) is 4.97. The normalized spacial score (nSPS) is 21.1. The van der Waals surface area contributed by atoms with Gasteiger partial charge in [-0.1, -0.05) is 0 Å². The van der Waals surface area contributed by atoms with Gasteiger partial charge in [0.2, 0.25) is 5.43 Å². The summed E-state index contributed by atoms with van der Waals surface area (Å²) in [5.41, 5.74) is -0.619. The second kappa shape index (κ2) is 4.13. The number of carboxylic acids is 1. The van der Waals surface area contributed by atoms with Crippen molar-refractivity contribution in [3.8, 4) is 0 Å². The molecule has 1 N–H and O–H groups in total. The quantitative estimate of drug-likeness (QED) is 0.918. The molecule has 4 nitrogen and oxygen atoms in total. The van der Waals surface area contributed by atoms with Crippen LogP contribution in [0.4, 0.5) is 8.78 Å². The molecule has 1 saturated carbocycles. The van der Waals surface area contributed by atoms with E-state index in [4.69, 9.17) is 5.11 Å². The zero-order valence-electron chi connectivity index (χ0n) is 10.6. The third-order valence-corrected chi connectivity index (χ3v) is 3.65. The zero-order valence-corrected chi connectivity index (χ0v) is 10.6. The molecule has 6 heteroatoms. The Bertz CT molecular complexity index is 797. The number of aryl methyl sites for hydroxylation is 1. The largest absolute Gasteiger partial charge is 0.477 e. The Hall–Kier alpha value is -2.24. The number of hydrogen-bond acceptors (Lipinski definition) is 2. The highest BCUT2D eigenvalue weighted by Crippen LogP contribution is 2.41. The van der Waals surface area contributed by atoms with Crippen LogP contribution >= 0.6 is 0 Å². The lowest BCUT2D eigenvalue weighted by Crippen LogP contribution is -2.19. The lowest BCUT2D eigenvalue weighted by Gasteiger charge is -2.14. The molecule has 1 heterocycles. The Morgan fingerprint density at radius 2 is 2.10 bits per heavy atom. The summed E-state index contributed by atoms with van der Waals surface area (Å²) >= 11 is 0. The smallest absolute Gasteiger partial charge is 0.341 e. The van der Waals surface area contributed by atoms with Gasteiger partial charge in [-0.15, -0.1) is 0 Å². The number of fused-ring (bicyclic) bond motifs is 1.